The first-order valence-electron chi connectivity index (χ1n) is 5.53. The van der Waals surface area contributed by atoms with Gasteiger partial charge < -0.3 is 0 Å². The van der Waals surface area contributed by atoms with Gasteiger partial charge in [0.25, 0.3) is 0 Å². The summed E-state index contributed by atoms with van der Waals surface area (Å²) in [5, 5.41) is 0.758. The average Bonchev–Trinajstić information content (AvgIpc) is 2.63. The average molecular weight is 298 g/mol. The molecule has 1 aliphatic rings. The van der Waals surface area contributed by atoms with Crippen LogP contribution < -0.4 is 0 Å². The van der Waals surface area contributed by atoms with Gasteiger partial charge in [-0.2, -0.15) is 4.31 Å². The molecular weight excluding hydrogens is 278 g/mol. The Labute approximate surface area is 101 Å². The minimum Gasteiger partial charge on any atom is -0.212 e. The van der Waals surface area contributed by atoms with Crippen LogP contribution in [-0.2, 0) is 10.0 Å². The normalized spacial score (nSPS) is 23.9. The summed E-state index contributed by atoms with van der Waals surface area (Å²) in [6.45, 7) is 4.82. The van der Waals surface area contributed by atoms with E-state index < -0.39 is 10.0 Å². The van der Waals surface area contributed by atoms with E-state index >= 15 is 0 Å². The SMILES string of the molecule is CC(C)CCS(=O)(=O)N1CCCC1CBr. The van der Waals surface area contributed by atoms with Crippen molar-refractivity contribution in [3.05, 3.63) is 0 Å². The molecule has 0 radical (unpaired) electrons. The first kappa shape index (κ1) is 13.5. The van der Waals surface area contributed by atoms with Crippen LogP contribution >= 0.6 is 15.9 Å². The predicted octanol–water partition coefficient (Wildman–Crippen LogP) is 2.22. The summed E-state index contributed by atoms with van der Waals surface area (Å²) in [6.07, 6.45) is 2.75. The fraction of sp³-hybridized carbons (Fsp3) is 1.00. The number of nitrogens with zero attached hydrogens (tertiary/aromatic N) is 1. The van der Waals surface area contributed by atoms with Gasteiger partial charge in [0.05, 0.1) is 5.75 Å². The molecule has 0 saturated carbocycles. The molecule has 1 saturated heterocycles. The standard InChI is InChI=1S/C10H20BrNO2S/c1-9(2)5-7-15(13,14)12-6-3-4-10(12)8-11/h9-10H,3-8H2,1-2H3. The van der Waals surface area contributed by atoms with Crippen molar-refractivity contribution in [2.75, 3.05) is 17.6 Å². The number of sulfonamides is 1. The number of alkyl halides is 1. The zero-order chi connectivity index (χ0) is 11.5. The van der Waals surface area contributed by atoms with Crippen molar-refractivity contribution in [1.82, 2.24) is 4.31 Å². The zero-order valence-electron chi connectivity index (χ0n) is 9.45. The molecule has 0 aromatic rings. The van der Waals surface area contributed by atoms with Crippen LogP contribution in [0.2, 0.25) is 0 Å². The molecule has 0 aliphatic carbocycles. The Hall–Kier alpha value is 0.390. The number of halogens is 1. The first-order chi connectivity index (χ1) is 6.97. The maximum atomic E-state index is 12.0. The second kappa shape index (κ2) is 5.64. The monoisotopic (exact) mass is 297 g/mol. The van der Waals surface area contributed by atoms with Crippen molar-refractivity contribution in [2.45, 2.75) is 39.2 Å². The van der Waals surface area contributed by atoms with E-state index in [4.69, 9.17) is 0 Å². The van der Waals surface area contributed by atoms with E-state index in [1.807, 2.05) is 0 Å². The summed E-state index contributed by atoms with van der Waals surface area (Å²) in [5.74, 6) is 0.749. The van der Waals surface area contributed by atoms with Crippen LogP contribution in [0.5, 0.6) is 0 Å². The van der Waals surface area contributed by atoms with Crippen LogP contribution in [-0.4, -0.2) is 36.4 Å². The topological polar surface area (TPSA) is 37.4 Å². The quantitative estimate of drug-likeness (QED) is 0.730. The Kier molecular flexibility index (Phi) is 5.06. The highest BCUT2D eigenvalue weighted by molar-refractivity contribution is 9.09. The Balaban J connectivity index is 2.60. The number of hydrogen-bond donors (Lipinski definition) is 0. The molecule has 1 atom stereocenters. The highest BCUT2D eigenvalue weighted by atomic mass is 79.9. The molecule has 3 nitrogen and oxygen atoms in total. The molecule has 1 heterocycles. The summed E-state index contributed by atoms with van der Waals surface area (Å²) in [4.78, 5) is 0. The van der Waals surface area contributed by atoms with Gasteiger partial charge >= 0.3 is 0 Å². The Morgan fingerprint density at radius 3 is 2.67 bits per heavy atom. The Morgan fingerprint density at radius 2 is 2.13 bits per heavy atom. The third kappa shape index (κ3) is 3.71. The molecule has 0 aromatic heterocycles. The number of hydrogen-bond acceptors (Lipinski definition) is 2. The van der Waals surface area contributed by atoms with Crippen molar-refractivity contribution >= 4 is 26.0 Å². The van der Waals surface area contributed by atoms with Crippen molar-refractivity contribution < 1.29 is 8.42 Å². The van der Waals surface area contributed by atoms with Crippen molar-refractivity contribution in [3.63, 3.8) is 0 Å². The van der Waals surface area contributed by atoms with Crippen LogP contribution in [0.25, 0.3) is 0 Å². The third-order valence-corrected chi connectivity index (χ3v) is 5.51. The maximum absolute atomic E-state index is 12.0. The molecule has 0 N–H and O–H groups in total. The van der Waals surface area contributed by atoms with Gasteiger partial charge in [-0.15, -0.1) is 0 Å². The van der Waals surface area contributed by atoms with Gasteiger partial charge in [-0.25, -0.2) is 8.42 Å². The van der Waals surface area contributed by atoms with Crippen LogP contribution in [0.4, 0.5) is 0 Å². The second-order valence-corrected chi connectivity index (χ2v) is 7.25. The zero-order valence-corrected chi connectivity index (χ0v) is 11.8. The molecule has 0 amide bonds. The van der Waals surface area contributed by atoms with Gasteiger partial charge in [0.1, 0.15) is 0 Å². The van der Waals surface area contributed by atoms with Crippen molar-refractivity contribution in [3.8, 4) is 0 Å². The minimum absolute atomic E-state index is 0.183. The lowest BCUT2D eigenvalue weighted by Crippen LogP contribution is -2.38. The first-order valence-corrected chi connectivity index (χ1v) is 8.26. The second-order valence-electron chi connectivity index (χ2n) is 4.56. The lowest BCUT2D eigenvalue weighted by atomic mass is 10.2. The minimum atomic E-state index is -3.01. The lowest BCUT2D eigenvalue weighted by Gasteiger charge is -2.22. The summed E-state index contributed by atoms with van der Waals surface area (Å²) >= 11 is 3.38. The molecule has 0 bridgehead atoms. The molecule has 5 heteroatoms. The molecule has 1 fully saturated rings. The highest BCUT2D eigenvalue weighted by Gasteiger charge is 2.32. The van der Waals surface area contributed by atoms with Gasteiger partial charge in [-0.3, -0.25) is 0 Å². The van der Waals surface area contributed by atoms with Crippen LogP contribution in [0, 0.1) is 5.92 Å². The van der Waals surface area contributed by atoms with Crippen LogP contribution in [0.1, 0.15) is 33.1 Å². The molecule has 1 aliphatic heterocycles. The van der Waals surface area contributed by atoms with Gasteiger partial charge in [-0.05, 0) is 25.2 Å². The molecule has 1 rings (SSSR count). The van der Waals surface area contributed by atoms with E-state index in [1.54, 1.807) is 4.31 Å². The molecule has 0 aromatic carbocycles. The van der Waals surface area contributed by atoms with E-state index in [9.17, 15) is 8.42 Å². The number of rotatable bonds is 5. The van der Waals surface area contributed by atoms with Crippen molar-refractivity contribution in [1.29, 1.82) is 0 Å². The molecule has 1 unspecified atom stereocenters. The van der Waals surface area contributed by atoms with Gasteiger partial charge in [-0.1, -0.05) is 29.8 Å². The molecule has 90 valence electrons. The van der Waals surface area contributed by atoms with E-state index in [0.29, 0.717) is 18.2 Å². The molecular formula is C10H20BrNO2S. The van der Waals surface area contributed by atoms with Crippen molar-refractivity contribution in [2.24, 2.45) is 5.92 Å². The van der Waals surface area contributed by atoms with Gasteiger partial charge in [0, 0.05) is 17.9 Å². The van der Waals surface area contributed by atoms with Crippen LogP contribution in [0.3, 0.4) is 0 Å². The van der Waals surface area contributed by atoms with Gasteiger partial charge in [0.15, 0.2) is 0 Å². The van der Waals surface area contributed by atoms with E-state index in [2.05, 4.69) is 29.8 Å². The Bertz CT molecular complexity index is 290. The molecule has 15 heavy (non-hydrogen) atoms. The Morgan fingerprint density at radius 1 is 1.47 bits per heavy atom. The van der Waals surface area contributed by atoms with Gasteiger partial charge in [0.2, 0.25) is 10.0 Å². The van der Waals surface area contributed by atoms with E-state index in [1.165, 1.54) is 0 Å². The third-order valence-electron chi connectivity index (χ3n) is 2.81. The van der Waals surface area contributed by atoms with Crippen LogP contribution in [0.15, 0.2) is 0 Å². The summed E-state index contributed by atoms with van der Waals surface area (Å²) in [6, 6.07) is 0.183. The maximum Gasteiger partial charge on any atom is 0.214 e. The van der Waals surface area contributed by atoms with E-state index in [0.717, 1.165) is 24.6 Å². The lowest BCUT2D eigenvalue weighted by molar-refractivity contribution is 0.410. The fourth-order valence-corrected chi connectivity index (χ4v) is 4.74. The van der Waals surface area contributed by atoms with E-state index in [-0.39, 0.29) is 6.04 Å². The highest BCUT2D eigenvalue weighted by Crippen LogP contribution is 2.23. The summed E-state index contributed by atoms with van der Waals surface area (Å²) in [7, 11) is -3.01. The largest absolute Gasteiger partial charge is 0.214 e. The fourth-order valence-electron chi connectivity index (χ4n) is 1.83. The summed E-state index contributed by atoms with van der Waals surface area (Å²) < 4.78 is 25.7. The predicted molar refractivity (Wildman–Crippen MR) is 66.8 cm³/mol. The summed E-state index contributed by atoms with van der Waals surface area (Å²) in [5.41, 5.74) is 0. The smallest absolute Gasteiger partial charge is 0.212 e. The molecule has 0 spiro atoms.